The van der Waals surface area contributed by atoms with E-state index < -0.39 is 0 Å². The minimum atomic E-state index is 0.0951. The number of aromatic nitrogens is 2. The molecule has 3 aromatic rings. The molecule has 6 nitrogen and oxygen atoms in total. The van der Waals surface area contributed by atoms with Crippen molar-refractivity contribution in [3.05, 3.63) is 77.6 Å². The molecule has 1 aliphatic carbocycles. The fourth-order valence-corrected chi connectivity index (χ4v) is 5.48. The maximum Gasteiger partial charge on any atom is 0.253 e. The molecule has 2 aliphatic heterocycles. The number of amides is 1. The van der Waals surface area contributed by atoms with Crippen LogP contribution >= 0.6 is 0 Å². The first-order valence-corrected chi connectivity index (χ1v) is 13.0. The smallest absolute Gasteiger partial charge is 0.253 e. The molecule has 1 saturated heterocycles. The molecule has 2 aromatic carbocycles. The summed E-state index contributed by atoms with van der Waals surface area (Å²) in [6.45, 7) is 5.61. The molecule has 3 heterocycles. The van der Waals surface area contributed by atoms with Crippen molar-refractivity contribution in [2.45, 2.75) is 38.1 Å². The highest BCUT2D eigenvalue weighted by Crippen LogP contribution is 2.27. The monoisotopic (exact) mass is 467 g/mol. The minimum Gasteiger partial charge on any atom is -0.338 e. The highest BCUT2D eigenvalue weighted by Gasteiger charge is 2.29. The van der Waals surface area contributed by atoms with Crippen molar-refractivity contribution in [2.24, 2.45) is 0 Å². The Hall–Kier alpha value is -3.25. The Morgan fingerprint density at radius 1 is 0.800 bits per heavy atom. The molecule has 1 aromatic heterocycles. The Kier molecular flexibility index (Phi) is 6.21. The Bertz CT molecular complexity index is 1170. The predicted molar refractivity (Wildman–Crippen MR) is 139 cm³/mol. The van der Waals surface area contributed by atoms with Crippen molar-refractivity contribution in [1.29, 1.82) is 0 Å². The topological polar surface area (TPSA) is 52.6 Å². The first-order valence-electron chi connectivity index (χ1n) is 13.0. The molecule has 0 spiro atoms. The van der Waals surface area contributed by atoms with Gasteiger partial charge in [-0.1, -0.05) is 48.9 Å². The summed E-state index contributed by atoms with van der Waals surface area (Å²) >= 11 is 0. The van der Waals surface area contributed by atoms with Gasteiger partial charge in [-0.25, -0.2) is 9.97 Å². The van der Waals surface area contributed by atoms with Crippen LogP contribution in [0.2, 0.25) is 0 Å². The van der Waals surface area contributed by atoms with Gasteiger partial charge >= 0.3 is 0 Å². The van der Waals surface area contributed by atoms with Gasteiger partial charge in [0.05, 0.1) is 5.69 Å². The number of fused-ring (bicyclic) bond motifs is 1. The summed E-state index contributed by atoms with van der Waals surface area (Å²) in [7, 11) is 0. The van der Waals surface area contributed by atoms with Gasteiger partial charge in [-0.3, -0.25) is 9.69 Å². The molecule has 0 bridgehead atoms. The molecule has 6 rings (SSSR count). The summed E-state index contributed by atoms with van der Waals surface area (Å²) in [5, 5.41) is 0. The average Bonchev–Trinajstić information content (AvgIpc) is 3.11. The van der Waals surface area contributed by atoms with Crippen molar-refractivity contribution in [3.8, 4) is 11.1 Å². The zero-order valence-electron chi connectivity index (χ0n) is 20.3. The second kappa shape index (κ2) is 9.78. The largest absolute Gasteiger partial charge is 0.338 e. The molecule has 6 heteroatoms. The summed E-state index contributed by atoms with van der Waals surface area (Å²) in [4.78, 5) is 29.9. The molecule has 2 fully saturated rings. The van der Waals surface area contributed by atoms with Crippen LogP contribution in [-0.4, -0.2) is 71.0 Å². The van der Waals surface area contributed by atoms with Crippen molar-refractivity contribution >= 4 is 11.9 Å². The van der Waals surface area contributed by atoms with Crippen molar-refractivity contribution in [2.75, 3.05) is 44.2 Å². The fraction of sp³-hybridized carbons (Fsp3) is 0.414. The van der Waals surface area contributed by atoms with E-state index in [1.165, 1.54) is 24.8 Å². The summed E-state index contributed by atoms with van der Waals surface area (Å²) < 4.78 is 0. The van der Waals surface area contributed by atoms with Crippen LogP contribution in [0.5, 0.6) is 0 Å². The molecular weight excluding hydrogens is 434 g/mol. The number of nitrogens with zero attached hydrogens (tertiary/aromatic N) is 5. The van der Waals surface area contributed by atoms with Crippen LogP contribution in [0.1, 0.15) is 40.9 Å². The highest BCUT2D eigenvalue weighted by atomic mass is 16.2. The van der Waals surface area contributed by atoms with E-state index >= 15 is 0 Å². The van der Waals surface area contributed by atoms with Gasteiger partial charge in [0.25, 0.3) is 5.91 Å². The SMILES string of the molecule is O=C(c1ccc(-c2ccccc2)cc1)N1CCc2cnc(N3CCN(C4CCC4)CC3)nc2CC1. The minimum absolute atomic E-state index is 0.0951. The Morgan fingerprint density at radius 2 is 1.51 bits per heavy atom. The lowest BCUT2D eigenvalue weighted by Crippen LogP contribution is -2.52. The molecule has 0 radical (unpaired) electrons. The first kappa shape index (κ1) is 22.2. The van der Waals surface area contributed by atoms with Gasteiger partial charge in [0.1, 0.15) is 0 Å². The van der Waals surface area contributed by atoms with Crippen LogP contribution in [0.4, 0.5) is 5.95 Å². The zero-order valence-corrected chi connectivity index (χ0v) is 20.3. The van der Waals surface area contributed by atoms with Crippen molar-refractivity contribution < 1.29 is 4.79 Å². The Balaban J connectivity index is 1.09. The maximum atomic E-state index is 13.3. The summed E-state index contributed by atoms with van der Waals surface area (Å²) in [6, 6.07) is 19.0. The van der Waals surface area contributed by atoms with Gasteiger partial charge in [-0.15, -0.1) is 0 Å². The van der Waals surface area contributed by atoms with Gasteiger partial charge in [-0.2, -0.15) is 0 Å². The number of hydrogen-bond acceptors (Lipinski definition) is 5. The lowest BCUT2D eigenvalue weighted by Gasteiger charge is -2.43. The first-order chi connectivity index (χ1) is 17.2. The summed E-state index contributed by atoms with van der Waals surface area (Å²) in [5.74, 6) is 0.950. The molecule has 35 heavy (non-hydrogen) atoms. The summed E-state index contributed by atoms with van der Waals surface area (Å²) in [5.41, 5.74) is 5.31. The molecule has 1 saturated carbocycles. The number of carbonyl (C=O) groups excluding carboxylic acids is 1. The van der Waals surface area contributed by atoms with E-state index in [9.17, 15) is 4.79 Å². The fourth-order valence-electron chi connectivity index (χ4n) is 5.48. The second-order valence-electron chi connectivity index (χ2n) is 9.99. The van der Waals surface area contributed by atoms with Crippen LogP contribution < -0.4 is 4.90 Å². The summed E-state index contributed by atoms with van der Waals surface area (Å²) in [6.07, 6.45) is 7.69. The molecule has 0 N–H and O–H groups in total. The number of anilines is 1. The zero-order chi connectivity index (χ0) is 23.6. The van der Waals surface area contributed by atoms with Crippen molar-refractivity contribution in [3.63, 3.8) is 0 Å². The third kappa shape index (κ3) is 4.67. The van der Waals surface area contributed by atoms with Gasteiger partial charge in [0, 0.05) is 63.5 Å². The number of benzene rings is 2. The van der Waals surface area contributed by atoms with E-state index in [2.05, 4.69) is 21.9 Å². The molecule has 180 valence electrons. The van der Waals surface area contributed by atoms with Gasteiger partial charge in [-0.05, 0) is 48.1 Å². The normalized spacial score (nSPS) is 19.1. The molecular formula is C29H33N5O. The van der Waals surface area contributed by atoms with Crippen molar-refractivity contribution in [1.82, 2.24) is 19.8 Å². The van der Waals surface area contributed by atoms with E-state index in [1.807, 2.05) is 53.6 Å². The van der Waals surface area contributed by atoms with E-state index in [1.54, 1.807) is 0 Å². The highest BCUT2D eigenvalue weighted by molar-refractivity contribution is 5.94. The standard InChI is InChI=1S/C29H33N5O/c35-28(24-11-9-23(10-12-24)22-5-2-1-3-6-22)33-15-13-25-21-30-29(31-27(25)14-16-33)34-19-17-32(18-20-34)26-7-4-8-26/h1-3,5-6,9-12,21,26H,4,7-8,13-20H2. The van der Waals surface area contributed by atoms with Gasteiger partial charge in [0.2, 0.25) is 5.95 Å². The van der Waals surface area contributed by atoms with Gasteiger partial charge < -0.3 is 9.80 Å². The number of hydrogen-bond donors (Lipinski definition) is 0. The van der Waals surface area contributed by atoms with Crippen LogP contribution in [0, 0.1) is 0 Å². The van der Waals surface area contributed by atoms with Crippen LogP contribution in [-0.2, 0) is 12.8 Å². The van der Waals surface area contributed by atoms with E-state index in [4.69, 9.17) is 9.97 Å². The maximum absolute atomic E-state index is 13.3. The van der Waals surface area contributed by atoms with E-state index in [0.717, 1.165) is 73.4 Å². The number of rotatable bonds is 4. The van der Waals surface area contributed by atoms with Crippen LogP contribution in [0.25, 0.3) is 11.1 Å². The lowest BCUT2D eigenvalue weighted by atomic mass is 9.91. The molecule has 0 atom stereocenters. The third-order valence-corrected chi connectivity index (χ3v) is 7.93. The van der Waals surface area contributed by atoms with Crippen LogP contribution in [0.3, 0.4) is 0 Å². The van der Waals surface area contributed by atoms with Gasteiger partial charge in [0.15, 0.2) is 0 Å². The lowest BCUT2D eigenvalue weighted by molar-refractivity contribution is 0.0763. The third-order valence-electron chi connectivity index (χ3n) is 7.93. The Labute approximate surface area is 207 Å². The van der Waals surface area contributed by atoms with Crippen LogP contribution in [0.15, 0.2) is 60.8 Å². The number of carbonyl (C=O) groups is 1. The molecule has 3 aliphatic rings. The molecule has 0 unspecified atom stereocenters. The predicted octanol–water partition coefficient (Wildman–Crippen LogP) is 4.06. The van der Waals surface area contributed by atoms with E-state index in [0.29, 0.717) is 13.1 Å². The second-order valence-corrected chi connectivity index (χ2v) is 9.99. The van der Waals surface area contributed by atoms with E-state index in [-0.39, 0.29) is 5.91 Å². The molecule has 1 amide bonds. The Morgan fingerprint density at radius 3 is 2.23 bits per heavy atom. The number of piperazine rings is 1. The quantitative estimate of drug-likeness (QED) is 0.579. The average molecular weight is 468 g/mol.